The zero-order chi connectivity index (χ0) is 16.9. The second-order valence-electron chi connectivity index (χ2n) is 4.43. The summed E-state index contributed by atoms with van der Waals surface area (Å²) in [6.45, 7) is 0. The second-order valence-corrected chi connectivity index (χ2v) is 6.11. The van der Waals surface area contributed by atoms with Crippen LogP contribution in [0.3, 0.4) is 0 Å². The number of sulfonamides is 1. The smallest absolute Gasteiger partial charge is 0.269 e. The Morgan fingerprint density at radius 2 is 1.65 bits per heavy atom. The van der Waals surface area contributed by atoms with Crippen molar-refractivity contribution in [1.29, 1.82) is 0 Å². The number of para-hydroxylation sites is 1. The Bertz CT molecular complexity index is 860. The molecule has 0 unspecified atom stereocenters. The summed E-state index contributed by atoms with van der Waals surface area (Å²) < 4.78 is 25.8. The lowest BCUT2D eigenvalue weighted by Crippen LogP contribution is -2.28. The van der Waals surface area contributed by atoms with E-state index in [1.54, 1.807) is 12.1 Å². The number of carbonyl (C=O) groups excluding carboxylic acids is 1. The maximum Gasteiger partial charge on any atom is 0.276 e. The van der Waals surface area contributed by atoms with Crippen molar-refractivity contribution in [2.24, 2.45) is 0 Å². The molecular weight excluding hydrogens is 320 g/mol. The summed E-state index contributed by atoms with van der Waals surface area (Å²) in [5.41, 5.74) is 0.0206. The molecule has 0 radical (unpaired) electrons. The Labute approximate surface area is 132 Å². The molecule has 0 aliphatic rings. The number of nitrogens with zero attached hydrogens (tertiary/aromatic N) is 1. The highest BCUT2D eigenvalue weighted by Gasteiger charge is 2.16. The monoisotopic (exact) mass is 332 g/mol. The fraction of sp³-hybridized carbons (Fsp3) is 0. The normalized spacial score (nSPS) is 11.3. The fourth-order valence-electron chi connectivity index (χ4n) is 1.79. The van der Waals surface area contributed by atoms with Crippen molar-refractivity contribution in [3.63, 3.8) is 0 Å². The molecule has 0 fully saturated rings. The van der Waals surface area contributed by atoms with Crippen molar-refractivity contribution >= 4 is 27.7 Å². The molecule has 23 heavy (non-hydrogen) atoms. The van der Waals surface area contributed by atoms with E-state index in [0.29, 0.717) is 0 Å². The van der Waals surface area contributed by atoms with E-state index in [9.17, 15) is 23.3 Å². The number of rotatable bonds is 5. The molecule has 0 saturated carbocycles. The van der Waals surface area contributed by atoms with E-state index >= 15 is 0 Å². The molecule has 1 amide bonds. The standard InChI is InChI=1S/C15H12N2O5S/c18-15(16-23(21,22)13-7-2-1-3-8-13)11-10-12-6-4-5-9-14(12)17(19)20/h1-11H,(H,16,18)/b11-10+. The van der Waals surface area contributed by atoms with Crippen molar-refractivity contribution in [3.8, 4) is 0 Å². The van der Waals surface area contributed by atoms with Crippen LogP contribution in [-0.2, 0) is 14.8 Å². The summed E-state index contributed by atoms with van der Waals surface area (Å²) in [5, 5.41) is 10.9. The Kier molecular flexibility index (Phi) is 4.87. The number of benzene rings is 2. The first-order chi connectivity index (χ1) is 10.9. The Morgan fingerprint density at radius 1 is 1.04 bits per heavy atom. The first-order valence-electron chi connectivity index (χ1n) is 6.43. The minimum atomic E-state index is -3.98. The molecule has 0 spiro atoms. The molecule has 7 nitrogen and oxygen atoms in total. The van der Waals surface area contributed by atoms with Gasteiger partial charge in [-0.25, -0.2) is 13.1 Å². The Morgan fingerprint density at radius 3 is 2.30 bits per heavy atom. The van der Waals surface area contributed by atoms with Gasteiger partial charge in [-0.1, -0.05) is 30.3 Å². The van der Waals surface area contributed by atoms with Crippen molar-refractivity contribution in [2.45, 2.75) is 4.90 Å². The molecule has 2 aromatic carbocycles. The number of hydrogen-bond donors (Lipinski definition) is 1. The van der Waals surface area contributed by atoms with Gasteiger partial charge in [-0.15, -0.1) is 0 Å². The highest BCUT2D eigenvalue weighted by molar-refractivity contribution is 7.90. The predicted octanol–water partition coefficient (Wildman–Crippen LogP) is 2.11. The molecule has 118 valence electrons. The van der Waals surface area contributed by atoms with Crippen LogP contribution in [0.15, 0.2) is 65.6 Å². The molecule has 0 aliphatic heterocycles. The molecule has 8 heteroatoms. The largest absolute Gasteiger partial charge is 0.276 e. The van der Waals surface area contributed by atoms with Gasteiger partial charge < -0.3 is 0 Å². The number of nitrogens with one attached hydrogen (secondary N) is 1. The van der Waals surface area contributed by atoms with Crippen LogP contribution >= 0.6 is 0 Å². The van der Waals surface area contributed by atoms with Gasteiger partial charge in [0, 0.05) is 12.1 Å². The summed E-state index contributed by atoms with van der Waals surface area (Å²) in [7, 11) is -3.98. The zero-order valence-electron chi connectivity index (χ0n) is 11.7. The summed E-state index contributed by atoms with van der Waals surface area (Å²) in [4.78, 5) is 22.0. The molecular formula is C15H12N2O5S. The van der Waals surface area contributed by atoms with Gasteiger partial charge in [-0.3, -0.25) is 14.9 Å². The highest BCUT2D eigenvalue weighted by Crippen LogP contribution is 2.18. The minimum Gasteiger partial charge on any atom is -0.269 e. The van der Waals surface area contributed by atoms with Gasteiger partial charge in [-0.05, 0) is 24.3 Å². The highest BCUT2D eigenvalue weighted by atomic mass is 32.2. The van der Waals surface area contributed by atoms with Crippen molar-refractivity contribution in [1.82, 2.24) is 4.72 Å². The molecule has 1 N–H and O–H groups in total. The molecule has 0 bridgehead atoms. The van der Waals surface area contributed by atoms with Crippen molar-refractivity contribution < 1.29 is 18.1 Å². The van der Waals surface area contributed by atoms with Gasteiger partial charge in [0.25, 0.3) is 21.6 Å². The average Bonchev–Trinajstić information content (AvgIpc) is 2.53. The average molecular weight is 332 g/mol. The summed E-state index contributed by atoms with van der Waals surface area (Å²) in [5.74, 6) is -0.896. The number of carbonyl (C=O) groups is 1. The van der Waals surface area contributed by atoms with Crippen LogP contribution in [0.5, 0.6) is 0 Å². The fourth-order valence-corrected chi connectivity index (χ4v) is 2.75. The summed E-state index contributed by atoms with van der Waals surface area (Å²) in [6, 6.07) is 13.2. The van der Waals surface area contributed by atoms with E-state index in [2.05, 4.69) is 0 Å². The van der Waals surface area contributed by atoms with Crippen LogP contribution in [0.25, 0.3) is 6.08 Å². The maximum absolute atomic E-state index is 12.0. The van der Waals surface area contributed by atoms with Crippen LogP contribution in [0.4, 0.5) is 5.69 Å². The van der Waals surface area contributed by atoms with Gasteiger partial charge in [-0.2, -0.15) is 0 Å². The van der Waals surface area contributed by atoms with Crippen LogP contribution in [0.2, 0.25) is 0 Å². The molecule has 0 aromatic heterocycles. The van der Waals surface area contributed by atoms with Crippen LogP contribution < -0.4 is 4.72 Å². The van der Waals surface area contributed by atoms with Crippen LogP contribution in [0, 0.1) is 10.1 Å². The third-order valence-electron chi connectivity index (χ3n) is 2.84. The third-order valence-corrected chi connectivity index (χ3v) is 4.20. The first kappa shape index (κ1) is 16.4. The van der Waals surface area contributed by atoms with E-state index < -0.39 is 20.9 Å². The summed E-state index contributed by atoms with van der Waals surface area (Å²) >= 11 is 0. The van der Waals surface area contributed by atoms with Gasteiger partial charge in [0.05, 0.1) is 15.4 Å². The Hall–Kier alpha value is -3.00. The van der Waals surface area contributed by atoms with Crippen molar-refractivity contribution in [2.75, 3.05) is 0 Å². The van der Waals surface area contributed by atoms with E-state index in [-0.39, 0.29) is 16.1 Å². The van der Waals surface area contributed by atoms with E-state index in [1.165, 1.54) is 48.5 Å². The third kappa shape index (κ3) is 4.24. The van der Waals surface area contributed by atoms with Gasteiger partial charge in [0.15, 0.2) is 0 Å². The van der Waals surface area contributed by atoms with Crippen LogP contribution in [0.1, 0.15) is 5.56 Å². The maximum atomic E-state index is 12.0. The number of amides is 1. The van der Waals surface area contributed by atoms with E-state index in [0.717, 1.165) is 6.08 Å². The van der Waals surface area contributed by atoms with E-state index in [1.807, 2.05) is 4.72 Å². The molecule has 0 heterocycles. The van der Waals surface area contributed by atoms with E-state index in [4.69, 9.17) is 0 Å². The van der Waals surface area contributed by atoms with Gasteiger partial charge in [0.1, 0.15) is 0 Å². The van der Waals surface area contributed by atoms with Crippen molar-refractivity contribution in [3.05, 3.63) is 76.4 Å². The van der Waals surface area contributed by atoms with Gasteiger partial charge >= 0.3 is 0 Å². The molecule has 0 aliphatic carbocycles. The second kappa shape index (κ2) is 6.84. The molecule has 2 aromatic rings. The number of nitro groups is 1. The summed E-state index contributed by atoms with van der Waals surface area (Å²) in [6.07, 6.45) is 2.12. The minimum absolute atomic E-state index is 0.0487. The lowest BCUT2D eigenvalue weighted by Gasteiger charge is -2.04. The van der Waals surface area contributed by atoms with Gasteiger partial charge in [0.2, 0.25) is 0 Å². The zero-order valence-corrected chi connectivity index (χ0v) is 12.6. The van der Waals surface area contributed by atoms with Crippen LogP contribution in [-0.4, -0.2) is 19.2 Å². The molecule has 2 rings (SSSR count). The topological polar surface area (TPSA) is 106 Å². The Balaban J connectivity index is 2.16. The lowest BCUT2D eigenvalue weighted by molar-refractivity contribution is -0.385. The molecule has 0 saturated heterocycles. The SMILES string of the molecule is O=C(/C=C/c1ccccc1[N+](=O)[O-])NS(=O)(=O)c1ccccc1. The quantitative estimate of drug-likeness (QED) is 0.513. The molecule has 0 atom stereocenters. The number of hydrogen-bond acceptors (Lipinski definition) is 5. The lowest BCUT2D eigenvalue weighted by atomic mass is 10.1. The number of nitro benzene ring substituents is 1. The first-order valence-corrected chi connectivity index (χ1v) is 7.92. The predicted molar refractivity (Wildman–Crippen MR) is 83.9 cm³/mol.